The molecule has 2 aromatic rings. The molecule has 0 aliphatic carbocycles. The molecule has 101 valence electrons. The molecule has 1 radical (unpaired) electrons. The van der Waals surface area contributed by atoms with Gasteiger partial charge in [0.15, 0.2) is 0 Å². The summed E-state index contributed by atoms with van der Waals surface area (Å²) >= 11 is 0. The van der Waals surface area contributed by atoms with E-state index in [1.54, 1.807) is 0 Å². The minimum atomic E-state index is -0.286. The standard InChI is InChI=1S/C17H21O2/c1-16(2,3)12-8-7-9-14-11(12)10-13(15(18)19-14)17(4,5)6/h7-9H,1-6H3. The summed E-state index contributed by atoms with van der Waals surface area (Å²) in [5.74, 6) is 0. The maximum atomic E-state index is 12.0. The third kappa shape index (κ3) is 2.58. The van der Waals surface area contributed by atoms with Gasteiger partial charge in [0.25, 0.3) is 0 Å². The van der Waals surface area contributed by atoms with Crippen LogP contribution in [0, 0.1) is 6.07 Å². The van der Waals surface area contributed by atoms with E-state index >= 15 is 0 Å². The molecule has 1 aromatic heterocycles. The first-order valence-corrected chi connectivity index (χ1v) is 6.61. The summed E-state index contributed by atoms with van der Waals surface area (Å²) in [5.41, 5.74) is 1.82. The van der Waals surface area contributed by atoms with Gasteiger partial charge in [-0.3, -0.25) is 0 Å². The summed E-state index contributed by atoms with van der Waals surface area (Å²) in [6, 6.07) is 9.13. The number of hydrogen-bond donors (Lipinski definition) is 0. The highest BCUT2D eigenvalue weighted by Crippen LogP contribution is 2.31. The van der Waals surface area contributed by atoms with Crippen LogP contribution < -0.4 is 5.63 Å². The molecule has 0 fully saturated rings. The van der Waals surface area contributed by atoms with Crippen LogP contribution in [0.1, 0.15) is 52.7 Å². The Hall–Kier alpha value is -1.57. The lowest BCUT2D eigenvalue weighted by Crippen LogP contribution is -2.22. The van der Waals surface area contributed by atoms with Gasteiger partial charge >= 0.3 is 5.63 Å². The van der Waals surface area contributed by atoms with Crippen molar-refractivity contribution in [3.05, 3.63) is 45.8 Å². The summed E-state index contributed by atoms with van der Waals surface area (Å²) in [6.45, 7) is 12.5. The number of fused-ring (bicyclic) bond motifs is 1. The third-order valence-electron chi connectivity index (χ3n) is 3.24. The Labute approximate surface area is 114 Å². The van der Waals surface area contributed by atoms with Crippen LogP contribution in [0.15, 0.2) is 27.4 Å². The molecule has 1 aromatic carbocycles. The van der Waals surface area contributed by atoms with Crippen LogP contribution in [-0.2, 0) is 10.8 Å². The van der Waals surface area contributed by atoms with Crippen molar-refractivity contribution in [1.82, 2.24) is 0 Å². The largest absolute Gasteiger partial charge is 0.422 e. The van der Waals surface area contributed by atoms with E-state index in [9.17, 15) is 4.79 Å². The van der Waals surface area contributed by atoms with Gasteiger partial charge in [0.1, 0.15) is 5.58 Å². The molecule has 0 amide bonds. The van der Waals surface area contributed by atoms with Crippen LogP contribution in [0.4, 0.5) is 0 Å². The van der Waals surface area contributed by atoms with E-state index in [1.165, 1.54) is 0 Å². The number of benzene rings is 1. The Morgan fingerprint density at radius 1 is 1.00 bits per heavy atom. The van der Waals surface area contributed by atoms with Gasteiger partial charge in [-0.05, 0) is 22.5 Å². The first kappa shape index (κ1) is 13.9. The predicted molar refractivity (Wildman–Crippen MR) is 78.7 cm³/mol. The fourth-order valence-corrected chi connectivity index (χ4v) is 2.19. The van der Waals surface area contributed by atoms with Gasteiger partial charge in [-0.25, -0.2) is 4.79 Å². The number of hydrogen-bond acceptors (Lipinski definition) is 2. The predicted octanol–water partition coefficient (Wildman–Crippen LogP) is 4.19. The zero-order chi connectivity index (χ0) is 14.4. The van der Waals surface area contributed by atoms with E-state index in [0.29, 0.717) is 11.1 Å². The van der Waals surface area contributed by atoms with Gasteiger partial charge < -0.3 is 4.42 Å². The Bertz CT molecular complexity index is 664. The van der Waals surface area contributed by atoms with E-state index < -0.39 is 0 Å². The van der Waals surface area contributed by atoms with Crippen LogP contribution in [0.5, 0.6) is 0 Å². The fourth-order valence-electron chi connectivity index (χ4n) is 2.19. The lowest BCUT2D eigenvalue weighted by atomic mass is 9.82. The van der Waals surface area contributed by atoms with Crippen molar-refractivity contribution in [3.8, 4) is 0 Å². The monoisotopic (exact) mass is 257 g/mol. The Balaban J connectivity index is 2.87. The van der Waals surface area contributed by atoms with Crippen molar-refractivity contribution in [2.75, 3.05) is 0 Å². The van der Waals surface area contributed by atoms with E-state index in [-0.39, 0.29) is 16.5 Å². The summed E-state index contributed by atoms with van der Waals surface area (Å²) in [4.78, 5) is 12.0. The topological polar surface area (TPSA) is 30.2 Å². The quantitative estimate of drug-likeness (QED) is 0.662. The fraction of sp³-hybridized carbons (Fsp3) is 0.471. The molecule has 0 spiro atoms. The van der Waals surface area contributed by atoms with Gasteiger partial charge in [0.2, 0.25) is 0 Å². The van der Waals surface area contributed by atoms with Crippen LogP contribution >= 0.6 is 0 Å². The first-order valence-electron chi connectivity index (χ1n) is 6.61. The average Bonchev–Trinajstić information content (AvgIpc) is 2.24. The normalized spacial score (nSPS) is 12.9. The summed E-state index contributed by atoms with van der Waals surface area (Å²) in [7, 11) is 0. The highest BCUT2D eigenvalue weighted by atomic mass is 16.4. The van der Waals surface area contributed by atoms with Crippen molar-refractivity contribution >= 4 is 11.0 Å². The van der Waals surface area contributed by atoms with Crippen molar-refractivity contribution in [1.29, 1.82) is 0 Å². The molecule has 19 heavy (non-hydrogen) atoms. The Morgan fingerprint density at radius 2 is 1.63 bits per heavy atom. The maximum Gasteiger partial charge on any atom is 0.340 e. The van der Waals surface area contributed by atoms with Crippen molar-refractivity contribution < 1.29 is 4.42 Å². The Morgan fingerprint density at radius 3 is 2.16 bits per heavy atom. The number of rotatable bonds is 0. The molecular formula is C17H21O2. The van der Waals surface area contributed by atoms with Crippen molar-refractivity contribution in [2.45, 2.75) is 52.4 Å². The van der Waals surface area contributed by atoms with Gasteiger partial charge in [-0.2, -0.15) is 0 Å². The van der Waals surface area contributed by atoms with E-state index in [0.717, 1.165) is 10.9 Å². The van der Waals surface area contributed by atoms with Crippen LogP contribution in [-0.4, -0.2) is 0 Å². The van der Waals surface area contributed by atoms with E-state index in [1.807, 2.05) is 32.9 Å². The van der Waals surface area contributed by atoms with E-state index in [4.69, 9.17) is 4.42 Å². The second kappa shape index (κ2) is 4.22. The first-order chi connectivity index (χ1) is 8.60. The summed E-state index contributed by atoms with van der Waals surface area (Å²) < 4.78 is 5.47. The molecule has 2 rings (SSSR count). The van der Waals surface area contributed by atoms with Gasteiger partial charge in [-0.1, -0.05) is 53.7 Å². The highest BCUT2D eigenvalue weighted by molar-refractivity contribution is 5.81. The molecule has 0 unspecified atom stereocenters. The van der Waals surface area contributed by atoms with Crippen molar-refractivity contribution in [3.63, 3.8) is 0 Å². The minimum Gasteiger partial charge on any atom is -0.422 e. The molecule has 0 aliphatic rings. The zero-order valence-corrected chi connectivity index (χ0v) is 12.5. The Kier molecular flexibility index (Phi) is 3.08. The smallest absolute Gasteiger partial charge is 0.340 e. The molecule has 1 heterocycles. The molecule has 0 atom stereocenters. The minimum absolute atomic E-state index is 0.00884. The highest BCUT2D eigenvalue weighted by Gasteiger charge is 2.23. The molecule has 0 saturated carbocycles. The van der Waals surface area contributed by atoms with Crippen LogP contribution in [0.3, 0.4) is 0 Å². The molecule has 0 bridgehead atoms. The van der Waals surface area contributed by atoms with Crippen LogP contribution in [0.2, 0.25) is 0 Å². The molecule has 2 heteroatoms. The molecule has 0 saturated heterocycles. The third-order valence-corrected chi connectivity index (χ3v) is 3.24. The lowest BCUT2D eigenvalue weighted by molar-refractivity contribution is 0.499. The molecule has 0 aliphatic heterocycles. The van der Waals surface area contributed by atoms with E-state index in [2.05, 4.69) is 32.9 Å². The molecule has 0 N–H and O–H groups in total. The SMILES string of the molecule is CC(C)(C)c1[c]c2c(C(C)(C)C)cccc2oc1=O. The van der Waals surface area contributed by atoms with Crippen molar-refractivity contribution in [2.24, 2.45) is 0 Å². The maximum absolute atomic E-state index is 12.0. The molecule has 2 nitrogen and oxygen atoms in total. The van der Waals surface area contributed by atoms with Gasteiger partial charge in [-0.15, -0.1) is 0 Å². The zero-order valence-electron chi connectivity index (χ0n) is 12.5. The second-order valence-electron chi connectivity index (χ2n) is 7.07. The lowest BCUT2D eigenvalue weighted by Gasteiger charge is -2.22. The van der Waals surface area contributed by atoms with Crippen LogP contribution in [0.25, 0.3) is 11.0 Å². The van der Waals surface area contributed by atoms with Gasteiger partial charge in [0.05, 0.1) is 5.56 Å². The summed E-state index contributed by atoms with van der Waals surface area (Å²) in [5, 5.41) is 0.916. The second-order valence-corrected chi connectivity index (χ2v) is 7.07. The summed E-state index contributed by atoms with van der Waals surface area (Å²) in [6.07, 6.45) is 0. The average molecular weight is 257 g/mol. The molecular weight excluding hydrogens is 236 g/mol. The van der Waals surface area contributed by atoms with Gasteiger partial charge in [0, 0.05) is 11.5 Å².